The number of primary amides is 1. The first-order valence-electron chi connectivity index (χ1n) is 10.5. The summed E-state index contributed by atoms with van der Waals surface area (Å²) in [6.45, 7) is 0.135. The molecule has 15 heteroatoms. The zero-order valence-electron chi connectivity index (χ0n) is 17.9. The molecule has 35 heavy (non-hydrogen) atoms. The van der Waals surface area contributed by atoms with Crippen LogP contribution >= 0.6 is 11.8 Å². The maximum atomic E-state index is 12.7. The Morgan fingerprint density at radius 3 is 2.54 bits per heavy atom. The van der Waals surface area contributed by atoms with E-state index in [4.69, 9.17) is 5.73 Å². The number of amides is 3. The van der Waals surface area contributed by atoms with E-state index >= 15 is 0 Å². The molecule has 1 unspecified atom stereocenters. The van der Waals surface area contributed by atoms with Crippen molar-refractivity contribution < 1.29 is 34.5 Å². The number of aromatic hydroxyl groups is 1. The third-order valence-electron chi connectivity index (χ3n) is 6.46. The first-order chi connectivity index (χ1) is 16.7. The first-order valence-corrected chi connectivity index (χ1v) is 11.4. The number of aliphatic carboxylic acids is 1. The Hall–Kier alpha value is -4.14. The Bertz CT molecular complexity index is 1280. The van der Waals surface area contributed by atoms with E-state index in [9.17, 15) is 34.5 Å². The number of hydrogen-bond donors (Lipinski definition) is 4. The van der Waals surface area contributed by atoms with Gasteiger partial charge in [0.2, 0.25) is 11.1 Å². The second-order valence-electron chi connectivity index (χ2n) is 8.39. The second-order valence-corrected chi connectivity index (χ2v) is 9.33. The number of carboxylic acid groups (broad SMARTS) is 2. The zero-order valence-corrected chi connectivity index (χ0v) is 18.7. The van der Waals surface area contributed by atoms with Gasteiger partial charge in [-0.25, -0.2) is 14.3 Å². The topological polar surface area (TPSA) is 205 Å². The van der Waals surface area contributed by atoms with Crippen molar-refractivity contribution >= 4 is 35.6 Å². The van der Waals surface area contributed by atoms with Crippen LogP contribution in [0.1, 0.15) is 18.0 Å². The Kier molecular flexibility index (Phi) is 5.35. The van der Waals surface area contributed by atoms with E-state index in [-0.39, 0.29) is 34.8 Å². The largest absolute Gasteiger partial charge is 0.508 e. The van der Waals surface area contributed by atoms with Crippen molar-refractivity contribution in [2.75, 3.05) is 12.3 Å². The van der Waals surface area contributed by atoms with E-state index in [1.54, 1.807) is 0 Å². The number of β-lactam (4-membered cyclic amide) rings is 1. The van der Waals surface area contributed by atoms with Crippen LogP contribution in [0.25, 0.3) is 0 Å². The maximum absolute atomic E-state index is 12.7. The number of hydrogen-bond acceptors (Lipinski definition) is 9. The van der Waals surface area contributed by atoms with Gasteiger partial charge < -0.3 is 21.1 Å². The predicted molar refractivity (Wildman–Crippen MR) is 116 cm³/mol. The fourth-order valence-electron chi connectivity index (χ4n) is 5.04. The molecule has 3 aliphatic rings. The molecule has 3 amide bonds. The smallest absolute Gasteiger partial charge is 0.408 e. The van der Waals surface area contributed by atoms with Gasteiger partial charge in [-0.1, -0.05) is 23.9 Å². The van der Waals surface area contributed by atoms with Gasteiger partial charge in [0.1, 0.15) is 17.5 Å². The molecule has 0 spiro atoms. The number of benzene rings is 1. The van der Waals surface area contributed by atoms with Crippen LogP contribution in [0.4, 0.5) is 4.79 Å². The van der Waals surface area contributed by atoms with E-state index in [1.165, 1.54) is 33.8 Å². The molecule has 5 N–H and O–H groups in total. The minimum Gasteiger partial charge on any atom is -0.508 e. The van der Waals surface area contributed by atoms with Crippen molar-refractivity contribution in [3.63, 3.8) is 0 Å². The quantitative estimate of drug-likeness (QED) is 0.280. The highest BCUT2D eigenvalue weighted by Crippen LogP contribution is 2.47. The summed E-state index contributed by atoms with van der Waals surface area (Å²) in [5.41, 5.74) is 6.31. The molecule has 0 bridgehead atoms. The number of nitrogens with two attached hydrogens (primary N) is 1. The molecule has 2 aromatic rings. The van der Waals surface area contributed by atoms with Crippen LogP contribution in [-0.2, 0) is 14.4 Å². The van der Waals surface area contributed by atoms with Crippen LogP contribution in [0.15, 0.2) is 40.7 Å². The average molecular weight is 501 g/mol. The van der Waals surface area contributed by atoms with Gasteiger partial charge in [-0.3, -0.25) is 19.4 Å². The summed E-state index contributed by atoms with van der Waals surface area (Å²) < 4.78 is 1.21. The lowest BCUT2D eigenvalue weighted by Gasteiger charge is -2.49. The number of phenols is 1. The molecule has 4 atom stereocenters. The van der Waals surface area contributed by atoms with Crippen LogP contribution in [0.2, 0.25) is 0 Å². The van der Waals surface area contributed by atoms with Crippen molar-refractivity contribution in [2.24, 2.45) is 11.7 Å². The Balaban J connectivity index is 1.42. The van der Waals surface area contributed by atoms with Crippen molar-refractivity contribution in [3.05, 3.63) is 41.1 Å². The van der Waals surface area contributed by atoms with Crippen molar-refractivity contribution in [1.29, 1.82) is 0 Å². The summed E-state index contributed by atoms with van der Waals surface area (Å²) in [6.07, 6.45) is -0.918. The molecule has 2 saturated heterocycles. The lowest BCUT2D eigenvalue weighted by atomic mass is 9.79. The number of carbonyl (C=O) groups is 4. The van der Waals surface area contributed by atoms with Crippen molar-refractivity contribution in [2.45, 2.75) is 29.7 Å². The average Bonchev–Trinajstić information content (AvgIpc) is 3.41. The van der Waals surface area contributed by atoms with Gasteiger partial charge in [0.05, 0.1) is 6.04 Å². The summed E-state index contributed by atoms with van der Waals surface area (Å²) in [6, 6.07) is 3.39. The van der Waals surface area contributed by atoms with Crippen LogP contribution in [0.5, 0.6) is 5.75 Å². The zero-order chi connectivity index (χ0) is 25.0. The Labute approximate surface area is 201 Å². The number of tetrazole rings is 1. The van der Waals surface area contributed by atoms with Crippen LogP contribution in [-0.4, -0.2) is 93.6 Å². The summed E-state index contributed by atoms with van der Waals surface area (Å²) in [5.74, 6) is -2.70. The molecule has 1 aromatic heterocycles. The molecule has 14 nitrogen and oxygen atoms in total. The van der Waals surface area contributed by atoms with E-state index in [0.717, 1.165) is 16.7 Å². The van der Waals surface area contributed by atoms with Gasteiger partial charge in [-0.15, -0.1) is 5.10 Å². The lowest BCUT2D eigenvalue weighted by molar-refractivity contribution is -0.156. The van der Waals surface area contributed by atoms with Crippen molar-refractivity contribution in [3.8, 4) is 5.75 Å². The van der Waals surface area contributed by atoms with Gasteiger partial charge in [-0.2, -0.15) is 0 Å². The number of likely N-dealkylation sites (tertiary alicyclic amines) is 1. The predicted octanol–water partition coefficient (Wildman–Crippen LogP) is -0.523. The number of thioether (sulfide) groups is 1. The summed E-state index contributed by atoms with van der Waals surface area (Å²) >= 11 is 1.07. The minimum absolute atomic E-state index is 0.00295. The molecule has 3 aliphatic heterocycles. The van der Waals surface area contributed by atoms with E-state index in [0.29, 0.717) is 17.6 Å². The first kappa shape index (κ1) is 22.6. The highest BCUT2D eigenvalue weighted by Gasteiger charge is 2.64. The van der Waals surface area contributed by atoms with Gasteiger partial charge >= 0.3 is 12.1 Å². The summed E-state index contributed by atoms with van der Waals surface area (Å²) in [4.78, 5) is 50.8. The maximum Gasteiger partial charge on any atom is 0.408 e. The van der Waals surface area contributed by atoms with E-state index in [1.807, 2.05) is 0 Å². The second kappa shape index (κ2) is 8.26. The number of carbonyl (C=O) groups excluding carboxylic acids is 2. The van der Waals surface area contributed by atoms with Gasteiger partial charge in [0.25, 0.3) is 5.91 Å². The number of carboxylic acids is 1. The van der Waals surface area contributed by atoms with Crippen LogP contribution in [0.3, 0.4) is 0 Å². The normalized spacial score (nSPS) is 23.7. The number of phenolic OH excluding ortho intramolecular Hbond substituents is 1. The molecule has 5 rings (SSSR count). The third-order valence-corrected chi connectivity index (χ3v) is 7.48. The summed E-state index contributed by atoms with van der Waals surface area (Å²) in [5, 5.41) is 40.4. The molecule has 4 heterocycles. The molecule has 182 valence electrons. The van der Waals surface area contributed by atoms with Gasteiger partial charge in [0.15, 0.2) is 6.04 Å². The third kappa shape index (κ3) is 3.54. The van der Waals surface area contributed by atoms with Gasteiger partial charge in [0, 0.05) is 18.2 Å². The molecule has 0 aliphatic carbocycles. The SMILES string of the molecule is NC(=O)C(c1ccc(O)cc1)n1nnnc1SCC1=C(C(=O)O)N2C(=O)[C@@H]3[C@H]2[C@H](C1)CN3C(=O)O. The molecule has 0 saturated carbocycles. The lowest BCUT2D eigenvalue weighted by Crippen LogP contribution is -2.69. The van der Waals surface area contributed by atoms with E-state index in [2.05, 4.69) is 15.5 Å². The monoisotopic (exact) mass is 501 g/mol. The number of nitrogens with zero attached hydrogens (tertiary/aromatic N) is 6. The number of rotatable bonds is 7. The highest BCUT2D eigenvalue weighted by molar-refractivity contribution is 7.99. The molecular formula is C20H19N7O7S. The molecule has 2 fully saturated rings. The number of aromatic nitrogens is 4. The molecule has 1 aromatic carbocycles. The van der Waals surface area contributed by atoms with Crippen LogP contribution < -0.4 is 5.73 Å². The summed E-state index contributed by atoms with van der Waals surface area (Å²) in [7, 11) is 0. The fourth-order valence-corrected chi connectivity index (χ4v) is 5.96. The fraction of sp³-hybridized carbons (Fsp3) is 0.350. The van der Waals surface area contributed by atoms with Crippen molar-refractivity contribution in [1.82, 2.24) is 30.0 Å². The Morgan fingerprint density at radius 1 is 1.20 bits per heavy atom. The van der Waals surface area contributed by atoms with Crippen LogP contribution in [0, 0.1) is 5.92 Å². The van der Waals surface area contributed by atoms with Gasteiger partial charge in [-0.05, 0) is 40.1 Å². The molecule has 0 radical (unpaired) electrons. The standard InChI is InChI=1S/C20H19N7O7S/c21-16(29)13(8-1-3-11(28)4-2-8)27-19(22-23-24-27)35-7-10-5-9-6-25(20(33)34)15-12(9)26(17(15)30)14(10)18(31)32/h1-4,9,12-13,15,28H,5-7H2,(H2,21,29)(H,31,32)(H,33,34)/t9-,12-,13?,15+/m1/s1. The molecular weight excluding hydrogens is 482 g/mol. The Morgan fingerprint density at radius 2 is 1.91 bits per heavy atom. The van der Waals surface area contributed by atoms with E-state index < -0.39 is 42.0 Å². The minimum atomic E-state index is -1.28. The highest BCUT2D eigenvalue weighted by atomic mass is 32.2.